The van der Waals surface area contributed by atoms with E-state index >= 15 is 0 Å². The molecule has 1 nitrogen and oxygen atoms in total. The van der Waals surface area contributed by atoms with Crippen molar-refractivity contribution in [1.29, 1.82) is 0 Å². The fourth-order valence-corrected chi connectivity index (χ4v) is 1.66. The Morgan fingerprint density at radius 1 is 1.45 bits per heavy atom. The Kier molecular flexibility index (Phi) is 2.99. The molecule has 0 fully saturated rings. The Balaban J connectivity index is 2.78. The standard InChI is InChI=1S/C7H7O.2CH3.Al/c1-6-4-2-3-5-7(6)8;;;/h3-5,8H,1H3;2*1H3;/q;;;+1/p-1. The van der Waals surface area contributed by atoms with Crippen molar-refractivity contribution in [3.8, 4) is 5.75 Å². The molecule has 0 heterocycles. The first-order chi connectivity index (χ1) is 5.20. The molecular formula is C9H12AlO. The fraction of sp³-hybridized carbons (Fsp3) is 0.333. The second-order valence-corrected chi connectivity index (χ2v) is 5.19. The molecule has 11 heavy (non-hydrogen) atoms. The summed E-state index contributed by atoms with van der Waals surface area (Å²) in [6, 6.07) is 8.82. The van der Waals surface area contributed by atoms with Crippen molar-refractivity contribution < 1.29 is 3.79 Å². The van der Waals surface area contributed by atoms with Gasteiger partial charge in [-0.25, -0.2) is 0 Å². The third-order valence-corrected chi connectivity index (χ3v) is 2.11. The molecule has 1 rings (SSSR count). The van der Waals surface area contributed by atoms with E-state index in [1.54, 1.807) is 0 Å². The van der Waals surface area contributed by atoms with Crippen molar-refractivity contribution in [2.45, 2.75) is 18.5 Å². The van der Waals surface area contributed by atoms with E-state index in [2.05, 4.69) is 17.6 Å². The highest BCUT2D eigenvalue weighted by molar-refractivity contribution is 6.49. The lowest BCUT2D eigenvalue weighted by Crippen LogP contribution is -2.11. The quantitative estimate of drug-likeness (QED) is 0.608. The fourth-order valence-electron chi connectivity index (χ4n) is 0.886. The summed E-state index contributed by atoms with van der Waals surface area (Å²) >= 11 is -0.939. The molecule has 0 amide bonds. The minimum Gasteiger partial charge on any atom is -0.643 e. The third-order valence-electron chi connectivity index (χ3n) is 1.38. The summed E-state index contributed by atoms with van der Waals surface area (Å²) in [6.45, 7) is 2.04. The predicted molar refractivity (Wildman–Crippen MR) is 48.1 cm³/mol. The van der Waals surface area contributed by atoms with Gasteiger partial charge in [-0.2, -0.15) is 0 Å². The molecule has 2 heteroatoms. The zero-order chi connectivity index (χ0) is 8.27. The highest BCUT2D eigenvalue weighted by Gasteiger charge is 2.07. The van der Waals surface area contributed by atoms with E-state index in [1.165, 1.54) is 5.56 Å². The van der Waals surface area contributed by atoms with Gasteiger partial charge >= 0.3 is 14.5 Å². The number of hydrogen-bond donors (Lipinski definition) is 0. The Labute approximate surface area is 72.7 Å². The lowest BCUT2D eigenvalue weighted by molar-refractivity contribution is 0.575. The molecule has 0 bridgehead atoms. The number of aryl methyl sites for hydroxylation is 1. The Morgan fingerprint density at radius 3 is 2.73 bits per heavy atom. The zero-order valence-electron chi connectivity index (χ0n) is 7.22. The van der Waals surface area contributed by atoms with Crippen LogP contribution in [0.4, 0.5) is 0 Å². The first-order valence-corrected chi connectivity index (χ1v) is 6.61. The zero-order valence-corrected chi connectivity index (χ0v) is 8.37. The SMILES string of the molecule is Cc1c[c]ccc1[O][Al]([CH3])[CH3]. The van der Waals surface area contributed by atoms with Gasteiger partial charge < -0.3 is 3.79 Å². The van der Waals surface area contributed by atoms with Gasteiger partial charge in [0.2, 0.25) is 0 Å². The predicted octanol–water partition coefficient (Wildman–Crippen LogP) is 2.43. The van der Waals surface area contributed by atoms with Crippen LogP contribution in [0.3, 0.4) is 0 Å². The summed E-state index contributed by atoms with van der Waals surface area (Å²) in [7, 11) is 0. The van der Waals surface area contributed by atoms with E-state index in [4.69, 9.17) is 3.79 Å². The van der Waals surface area contributed by atoms with Gasteiger partial charge in [0.05, 0.1) is 5.75 Å². The van der Waals surface area contributed by atoms with Crippen molar-refractivity contribution in [2.24, 2.45) is 0 Å². The van der Waals surface area contributed by atoms with Gasteiger partial charge in [0.15, 0.2) is 0 Å². The van der Waals surface area contributed by atoms with Gasteiger partial charge in [-0.05, 0) is 30.7 Å². The van der Waals surface area contributed by atoms with Gasteiger partial charge in [-0.1, -0.05) is 17.6 Å². The minimum absolute atomic E-state index is 0.939. The van der Waals surface area contributed by atoms with Crippen LogP contribution in [-0.4, -0.2) is 14.5 Å². The maximum atomic E-state index is 5.66. The van der Waals surface area contributed by atoms with Crippen LogP contribution in [0.25, 0.3) is 0 Å². The average Bonchev–Trinajstić information content (AvgIpc) is 1.93. The van der Waals surface area contributed by atoms with Crippen LogP contribution in [0.1, 0.15) is 5.56 Å². The van der Waals surface area contributed by atoms with Crippen LogP contribution in [0.2, 0.25) is 11.6 Å². The van der Waals surface area contributed by atoms with E-state index in [0.717, 1.165) is 5.75 Å². The average molecular weight is 163 g/mol. The second-order valence-electron chi connectivity index (χ2n) is 2.86. The van der Waals surface area contributed by atoms with Crippen LogP contribution in [0.15, 0.2) is 18.2 Å². The maximum Gasteiger partial charge on any atom is 0.540 e. The van der Waals surface area contributed by atoms with Gasteiger partial charge in [0, 0.05) is 0 Å². The maximum absolute atomic E-state index is 5.66. The molecule has 0 aliphatic rings. The topological polar surface area (TPSA) is 9.23 Å². The molecule has 0 unspecified atom stereocenters. The Morgan fingerprint density at radius 2 is 2.18 bits per heavy atom. The number of hydrogen-bond acceptors (Lipinski definition) is 1. The van der Waals surface area contributed by atoms with Crippen LogP contribution in [0, 0.1) is 13.0 Å². The van der Waals surface area contributed by atoms with Crippen LogP contribution < -0.4 is 3.79 Å². The number of benzene rings is 1. The van der Waals surface area contributed by atoms with Gasteiger partial charge in [-0.15, -0.1) is 0 Å². The van der Waals surface area contributed by atoms with E-state index < -0.39 is 14.5 Å². The highest BCUT2D eigenvalue weighted by Crippen LogP contribution is 2.16. The summed E-state index contributed by atoms with van der Waals surface area (Å²) in [5.41, 5.74) is 1.17. The van der Waals surface area contributed by atoms with Crippen LogP contribution >= 0.6 is 0 Å². The lowest BCUT2D eigenvalue weighted by atomic mass is 10.2. The molecule has 0 aromatic heterocycles. The summed E-state index contributed by atoms with van der Waals surface area (Å²) in [5.74, 6) is 5.34. The van der Waals surface area contributed by atoms with Gasteiger partial charge in [-0.3, -0.25) is 0 Å². The monoisotopic (exact) mass is 163 g/mol. The molecule has 0 saturated heterocycles. The third kappa shape index (κ3) is 2.57. The summed E-state index contributed by atoms with van der Waals surface area (Å²) in [5, 5.41) is 0. The molecular weight excluding hydrogens is 151 g/mol. The summed E-state index contributed by atoms with van der Waals surface area (Å²) in [4.78, 5) is 0. The molecule has 0 spiro atoms. The summed E-state index contributed by atoms with van der Waals surface area (Å²) < 4.78 is 5.66. The smallest absolute Gasteiger partial charge is 0.540 e. The van der Waals surface area contributed by atoms with E-state index in [0.29, 0.717) is 0 Å². The van der Waals surface area contributed by atoms with Crippen molar-refractivity contribution in [1.82, 2.24) is 0 Å². The largest absolute Gasteiger partial charge is 0.643 e. The second kappa shape index (κ2) is 3.80. The first kappa shape index (κ1) is 8.65. The molecule has 0 N–H and O–H groups in total. The van der Waals surface area contributed by atoms with E-state index in [1.807, 2.05) is 25.1 Å². The van der Waals surface area contributed by atoms with E-state index in [-0.39, 0.29) is 0 Å². The molecule has 0 aliphatic carbocycles. The van der Waals surface area contributed by atoms with Crippen molar-refractivity contribution in [2.75, 3.05) is 0 Å². The molecule has 1 radical (unpaired) electrons. The van der Waals surface area contributed by atoms with Crippen LogP contribution in [0.5, 0.6) is 5.75 Å². The van der Waals surface area contributed by atoms with Gasteiger partial charge in [0.1, 0.15) is 0 Å². The van der Waals surface area contributed by atoms with Crippen molar-refractivity contribution in [3.63, 3.8) is 0 Å². The number of rotatable bonds is 2. The summed E-state index contributed by atoms with van der Waals surface area (Å²) in [6.07, 6.45) is 0. The van der Waals surface area contributed by atoms with Crippen molar-refractivity contribution >= 4 is 14.5 Å². The molecule has 57 valence electrons. The molecule has 0 aliphatic heterocycles. The minimum atomic E-state index is -0.939. The Hall–Kier alpha value is -0.448. The molecule has 1 aromatic carbocycles. The van der Waals surface area contributed by atoms with Gasteiger partial charge in [0.25, 0.3) is 0 Å². The van der Waals surface area contributed by atoms with Crippen molar-refractivity contribution in [3.05, 3.63) is 29.8 Å². The molecule has 1 aromatic rings. The van der Waals surface area contributed by atoms with E-state index in [9.17, 15) is 0 Å². The first-order valence-electron chi connectivity index (χ1n) is 3.83. The lowest BCUT2D eigenvalue weighted by Gasteiger charge is -2.10. The Bertz CT molecular complexity index is 233. The highest BCUT2D eigenvalue weighted by atomic mass is 27.2. The normalized spacial score (nSPS) is 9.36. The molecule has 0 saturated carbocycles. The molecule has 0 atom stereocenters. The van der Waals surface area contributed by atoms with Crippen LogP contribution in [-0.2, 0) is 0 Å².